The van der Waals surface area contributed by atoms with Gasteiger partial charge >= 0.3 is 18.2 Å². The second kappa shape index (κ2) is 19.6. The maximum atomic E-state index is 4.90. The Kier molecular flexibility index (Phi) is 24.5. The fourth-order valence-corrected chi connectivity index (χ4v) is 1.04. The number of rotatable bonds is 7. The summed E-state index contributed by atoms with van der Waals surface area (Å²) >= 11 is -0.639. The Bertz CT molecular complexity index is 105. The van der Waals surface area contributed by atoms with E-state index in [0.717, 1.165) is 12.8 Å². The molecule has 0 rings (SSSR count). The highest BCUT2D eigenvalue weighted by atomic mass is 35.6. The van der Waals surface area contributed by atoms with Crippen molar-refractivity contribution in [3.8, 4) is 0 Å². The standard InChI is InChI=1S/C11H21.2ClH.Mg/c1-3-5-7-9-11-10-8-6-4-2;;;/h7,9H,1,3-6,8,10-11H2,2H3;2*1H;/q;;;+2/p-2/b9-7-;;;. The molecule has 0 N–H and O–H groups in total. The lowest BCUT2D eigenvalue weighted by atomic mass is 10.1. The maximum absolute atomic E-state index is 4.90. The molecule has 0 saturated heterocycles. The van der Waals surface area contributed by atoms with E-state index in [-0.39, 0.29) is 0 Å². The van der Waals surface area contributed by atoms with Crippen LogP contribution in [0.25, 0.3) is 0 Å². The summed E-state index contributed by atoms with van der Waals surface area (Å²) in [6, 6.07) is 0. The summed E-state index contributed by atoms with van der Waals surface area (Å²) in [7, 11) is 9.81. The van der Waals surface area contributed by atoms with Gasteiger partial charge in [0.25, 0.3) is 0 Å². The van der Waals surface area contributed by atoms with Crippen molar-refractivity contribution in [1.29, 1.82) is 0 Å². The van der Waals surface area contributed by atoms with E-state index in [1.807, 2.05) is 0 Å². The van der Waals surface area contributed by atoms with E-state index in [1.165, 1.54) is 32.1 Å². The zero-order valence-corrected chi connectivity index (χ0v) is 12.2. The first-order valence-corrected chi connectivity index (χ1v) is 9.67. The summed E-state index contributed by atoms with van der Waals surface area (Å²) in [6.07, 6.45) is 13.5. The molecular weight excluding hydrogens is 227 g/mol. The lowest BCUT2D eigenvalue weighted by molar-refractivity contribution is 0.674. The van der Waals surface area contributed by atoms with Gasteiger partial charge in [0.1, 0.15) is 0 Å². The molecule has 0 aromatic carbocycles. The Morgan fingerprint density at radius 3 is 2.14 bits per heavy atom. The molecule has 1 radical (unpaired) electrons. The monoisotopic (exact) mass is 247 g/mol. The molecular formula is C11H21Cl2Mg. The smallest absolute Gasteiger partial charge is 0.309 e. The Morgan fingerprint density at radius 1 is 1.07 bits per heavy atom. The van der Waals surface area contributed by atoms with Crippen LogP contribution in [0.1, 0.15) is 51.9 Å². The second-order valence-electron chi connectivity index (χ2n) is 3.06. The molecule has 0 aromatic rings. The first-order chi connectivity index (χ1) is 6.83. The molecule has 0 amide bonds. The number of halogens is 2. The predicted molar refractivity (Wildman–Crippen MR) is 70.0 cm³/mol. The zero-order valence-electron chi connectivity index (χ0n) is 9.27. The van der Waals surface area contributed by atoms with Crippen molar-refractivity contribution in [3.05, 3.63) is 19.1 Å². The second-order valence-corrected chi connectivity index (χ2v) is 5.69. The summed E-state index contributed by atoms with van der Waals surface area (Å²) < 4.78 is 0. The average molecular weight is 248 g/mol. The third-order valence-electron chi connectivity index (χ3n) is 1.76. The Labute approximate surface area is 107 Å². The van der Waals surface area contributed by atoms with Crippen LogP contribution < -0.4 is 0 Å². The van der Waals surface area contributed by atoms with E-state index in [0.29, 0.717) is 0 Å². The van der Waals surface area contributed by atoms with Crippen LogP contribution >= 0.6 is 18.1 Å². The van der Waals surface area contributed by atoms with Crippen LogP contribution in [0, 0.1) is 6.92 Å². The predicted octanol–water partition coefficient (Wildman–Crippen LogP) is 5.13. The van der Waals surface area contributed by atoms with Crippen molar-refractivity contribution in [2.45, 2.75) is 51.9 Å². The quantitative estimate of drug-likeness (QED) is 0.333. The Hall–Kier alpha value is 1.09. The number of hydrogen-bond donors (Lipinski definition) is 0. The molecule has 0 aromatic heterocycles. The SMILES string of the molecule is [CH2]CC/C=C\CCCCCC.[Cl][Mg][Cl]. The van der Waals surface area contributed by atoms with Gasteiger partial charge in [0.2, 0.25) is 0 Å². The van der Waals surface area contributed by atoms with Gasteiger partial charge in [-0.1, -0.05) is 45.3 Å². The van der Waals surface area contributed by atoms with Crippen molar-refractivity contribution < 1.29 is 0 Å². The summed E-state index contributed by atoms with van der Waals surface area (Å²) in [5, 5.41) is 0. The summed E-state index contributed by atoms with van der Waals surface area (Å²) in [5.41, 5.74) is 0. The van der Waals surface area contributed by atoms with Crippen molar-refractivity contribution in [1.82, 2.24) is 0 Å². The molecule has 14 heavy (non-hydrogen) atoms. The largest absolute Gasteiger partial charge is 0.618 e. The summed E-state index contributed by atoms with van der Waals surface area (Å²) in [5.74, 6) is 0. The molecule has 0 spiro atoms. The highest BCUT2D eigenvalue weighted by Gasteiger charge is 1.83. The molecule has 0 bridgehead atoms. The third-order valence-corrected chi connectivity index (χ3v) is 1.76. The molecule has 0 fully saturated rings. The highest BCUT2D eigenvalue weighted by molar-refractivity contribution is 7.22. The molecule has 0 aliphatic heterocycles. The van der Waals surface area contributed by atoms with Crippen LogP contribution in [0.5, 0.6) is 0 Å². The van der Waals surface area contributed by atoms with Gasteiger partial charge in [0, 0.05) is 0 Å². The third kappa shape index (κ3) is 23.2. The van der Waals surface area contributed by atoms with Gasteiger partial charge in [-0.25, -0.2) is 0 Å². The zero-order chi connectivity index (χ0) is 11.1. The molecule has 0 atom stereocenters. The molecule has 0 saturated carbocycles. The molecule has 3 heteroatoms. The highest BCUT2D eigenvalue weighted by Crippen LogP contribution is 2.03. The van der Waals surface area contributed by atoms with E-state index < -0.39 is 18.2 Å². The van der Waals surface area contributed by atoms with Gasteiger partial charge in [-0.15, -0.1) is 0 Å². The van der Waals surface area contributed by atoms with E-state index in [1.54, 1.807) is 0 Å². The normalized spacial score (nSPS) is 9.43. The minimum absolute atomic E-state index is 0.639. The topological polar surface area (TPSA) is 0 Å². The van der Waals surface area contributed by atoms with Crippen LogP contribution in [0.2, 0.25) is 0 Å². The fraction of sp³-hybridized carbons (Fsp3) is 0.727. The van der Waals surface area contributed by atoms with E-state index in [4.69, 9.17) is 18.1 Å². The van der Waals surface area contributed by atoms with Gasteiger partial charge < -0.3 is 18.1 Å². The van der Waals surface area contributed by atoms with Crippen LogP contribution in [-0.2, 0) is 0 Å². The van der Waals surface area contributed by atoms with Crippen molar-refractivity contribution >= 4 is 36.3 Å². The molecule has 0 aliphatic carbocycles. The lowest BCUT2D eigenvalue weighted by Crippen LogP contribution is -1.73. The molecule has 0 nitrogen and oxygen atoms in total. The fourth-order valence-electron chi connectivity index (χ4n) is 1.04. The lowest BCUT2D eigenvalue weighted by Gasteiger charge is -1.93. The maximum Gasteiger partial charge on any atom is 0.618 e. The Balaban J connectivity index is 0. The first kappa shape index (κ1) is 17.5. The summed E-state index contributed by atoms with van der Waals surface area (Å²) in [4.78, 5) is 0. The van der Waals surface area contributed by atoms with Gasteiger partial charge in [-0.3, -0.25) is 0 Å². The minimum atomic E-state index is -0.639. The van der Waals surface area contributed by atoms with Crippen LogP contribution in [0.15, 0.2) is 12.2 Å². The molecule has 0 heterocycles. The van der Waals surface area contributed by atoms with Crippen molar-refractivity contribution in [3.63, 3.8) is 0 Å². The molecule has 81 valence electrons. The van der Waals surface area contributed by atoms with Gasteiger partial charge in [-0.2, -0.15) is 0 Å². The van der Waals surface area contributed by atoms with Crippen molar-refractivity contribution in [2.75, 3.05) is 0 Å². The van der Waals surface area contributed by atoms with Crippen molar-refractivity contribution in [2.24, 2.45) is 0 Å². The number of allylic oxidation sites excluding steroid dienone is 2. The van der Waals surface area contributed by atoms with E-state index >= 15 is 0 Å². The van der Waals surface area contributed by atoms with Crippen LogP contribution in [0.4, 0.5) is 0 Å². The summed E-state index contributed by atoms with van der Waals surface area (Å²) in [6.45, 7) is 6.03. The number of unbranched alkanes of at least 4 members (excludes halogenated alkanes) is 5. The van der Waals surface area contributed by atoms with E-state index in [2.05, 4.69) is 26.0 Å². The van der Waals surface area contributed by atoms with Gasteiger partial charge in [0.15, 0.2) is 0 Å². The Morgan fingerprint density at radius 2 is 1.64 bits per heavy atom. The van der Waals surface area contributed by atoms with E-state index in [9.17, 15) is 0 Å². The molecule has 0 unspecified atom stereocenters. The van der Waals surface area contributed by atoms with Gasteiger partial charge in [-0.05, 0) is 25.7 Å². The molecule has 0 aliphatic rings. The van der Waals surface area contributed by atoms with Crippen LogP contribution in [-0.4, -0.2) is 18.2 Å². The minimum Gasteiger partial charge on any atom is -0.309 e. The van der Waals surface area contributed by atoms with Gasteiger partial charge in [0.05, 0.1) is 0 Å². The first-order valence-electron chi connectivity index (χ1n) is 5.39. The average Bonchev–Trinajstić information content (AvgIpc) is 2.18. The number of hydrogen-bond acceptors (Lipinski definition) is 0. The van der Waals surface area contributed by atoms with Crippen LogP contribution in [0.3, 0.4) is 0 Å².